The van der Waals surface area contributed by atoms with Crippen molar-refractivity contribution in [3.63, 3.8) is 0 Å². The van der Waals surface area contributed by atoms with Crippen LogP contribution >= 0.6 is 0 Å². The molecule has 4 heteroatoms. The van der Waals surface area contributed by atoms with E-state index in [-0.39, 0.29) is 11.9 Å². The largest absolute Gasteiger partial charge is 0.497 e. The Morgan fingerprint density at radius 3 is 2.47 bits per heavy atom. The molecule has 1 aliphatic heterocycles. The van der Waals surface area contributed by atoms with Gasteiger partial charge in [0.2, 0.25) is 0 Å². The molecule has 1 aliphatic rings. The van der Waals surface area contributed by atoms with Crippen molar-refractivity contribution in [1.29, 1.82) is 0 Å². The second kappa shape index (κ2) is 8.23. The molecule has 5 aromatic rings. The molecule has 0 spiro atoms. The van der Waals surface area contributed by atoms with Gasteiger partial charge in [-0.05, 0) is 35.4 Å². The molecule has 4 aromatic carbocycles. The third-order valence-electron chi connectivity index (χ3n) is 6.63. The molecule has 4 nitrogen and oxygen atoms in total. The van der Waals surface area contributed by atoms with Crippen LogP contribution in [0.5, 0.6) is 5.75 Å². The Kier molecular flexibility index (Phi) is 4.92. The number of nitrogens with zero attached hydrogens (tertiary/aromatic N) is 1. The van der Waals surface area contributed by atoms with Crippen molar-refractivity contribution < 1.29 is 9.53 Å². The smallest absolute Gasteiger partial charge is 0.255 e. The standard InChI is InChI=1S/C30H24N2O2/c1-34-22-13-9-12-21(18-22)28-27(25-16-7-8-17-26(25)31-28)29-23-14-5-6-15-24(23)30(33)32(29)19-20-10-3-2-4-11-20/h2-18,29,31H,19H2,1H3. The number of rotatable bonds is 5. The highest BCUT2D eigenvalue weighted by Gasteiger charge is 2.40. The fourth-order valence-electron chi connectivity index (χ4n) is 5.08. The first-order valence-corrected chi connectivity index (χ1v) is 11.4. The highest BCUT2D eigenvalue weighted by molar-refractivity contribution is 6.02. The van der Waals surface area contributed by atoms with Gasteiger partial charge < -0.3 is 14.6 Å². The molecule has 0 saturated carbocycles. The van der Waals surface area contributed by atoms with Gasteiger partial charge in [-0.2, -0.15) is 0 Å². The molecular weight excluding hydrogens is 420 g/mol. The first kappa shape index (κ1) is 20.3. The number of carbonyl (C=O) groups is 1. The molecule has 166 valence electrons. The average molecular weight is 445 g/mol. The lowest BCUT2D eigenvalue weighted by atomic mass is 9.93. The Bertz CT molecular complexity index is 1500. The predicted octanol–water partition coefficient (Wildman–Crippen LogP) is 6.59. The minimum Gasteiger partial charge on any atom is -0.497 e. The number of amides is 1. The summed E-state index contributed by atoms with van der Waals surface area (Å²) in [5.41, 5.74) is 7.11. The van der Waals surface area contributed by atoms with Gasteiger partial charge in [0.1, 0.15) is 5.75 Å². The van der Waals surface area contributed by atoms with Crippen molar-refractivity contribution in [2.75, 3.05) is 7.11 Å². The molecule has 1 unspecified atom stereocenters. The van der Waals surface area contributed by atoms with Crippen LogP contribution in [0.4, 0.5) is 0 Å². The number of nitrogens with one attached hydrogen (secondary N) is 1. The summed E-state index contributed by atoms with van der Waals surface area (Å²) in [6.07, 6.45) is 0. The molecule has 2 heterocycles. The van der Waals surface area contributed by atoms with E-state index in [1.54, 1.807) is 7.11 Å². The van der Waals surface area contributed by atoms with Crippen LogP contribution in [0.1, 0.15) is 33.1 Å². The lowest BCUT2D eigenvalue weighted by Gasteiger charge is -2.27. The zero-order chi connectivity index (χ0) is 23.1. The molecule has 1 aromatic heterocycles. The van der Waals surface area contributed by atoms with Crippen LogP contribution in [-0.4, -0.2) is 22.9 Å². The molecule has 0 radical (unpaired) electrons. The van der Waals surface area contributed by atoms with Gasteiger partial charge in [-0.1, -0.05) is 78.9 Å². The maximum absolute atomic E-state index is 13.7. The van der Waals surface area contributed by atoms with Crippen molar-refractivity contribution in [2.24, 2.45) is 0 Å². The summed E-state index contributed by atoms with van der Waals surface area (Å²) in [6.45, 7) is 0.538. The quantitative estimate of drug-likeness (QED) is 0.332. The molecule has 0 aliphatic carbocycles. The summed E-state index contributed by atoms with van der Waals surface area (Å²) >= 11 is 0. The van der Waals surface area contributed by atoms with Crippen LogP contribution in [0.15, 0.2) is 103 Å². The number of H-pyrrole nitrogens is 1. The van der Waals surface area contributed by atoms with E-state index < -0.39 is 0 Å². The van der Waals surface area contributed by atoms with Gasteiger partial charge in [-0.15, -0.1) is 0 Å². The third kappa shape index (κ3) is 3.27. The summed E-state index contributed by atoms with van der Waals surface area (Å²) in [6, 6.07) is 34.4. The topological polar surface area (TPSA) is 45.3 Å². The van der Waals surface area contributed by atoms with Gasteiger partial charge in [-0.3, -0.25) is 4.79 Å². The fraction of sp³-hybridized carbons (Fsp3) is 0.100. The Morgan fingerprint density at radius 1 is 0.853 bits per heavy atom. The van der Waals surface area contributed by atoms with E-state index >= 15 is 0 Å². The van der Waals surface area contributed by atoms with Crippen LogP contribution in [0, 0.1) is 0 Å². The Hall–Kier alpha value is -4.31. The number of ether oxygens (including phenoxy) is 1. The van der Waals surface area contributed by atoms with E-state index in [0.717, 1.165) is 50.2 Å². The van der Waals surface area contributed by atoms with Crippen LogP contribution < -0.4 is 4.74 Å². The van der Waals surface area contributed by atoms with E-state index in [9.17, 15) is 4.79 Å². The Morgan fingerprint density at radius 2 is 1.62 bits per heavy atom. The van der Waals surface area contributed by atoms with Gasteiger partial charge in [-0.25, -0.2) is 0 Å². The summed E-state index contributed by atoms with van der Waals surface area (Å²) in [7, 11) is 1.68. The third-order valence-corrected chi connectivity index (χ3v) is 6.63. The lowest BCUT2D eigenvalue weighted by molar-refractivity contribution is 0.0737. The van der Waals surface area contributed by atoms with Gasteiger partial charge in [0.25, 0.3) is 5.91 Å². The van der Waals surface area contributed by atoms with Gasteiger partial charge in [0, 0.05) is 34.1 Å². The van der Waals surface area contributed by atoms with Crippen LogP contribution in [0.2, 0.25) is 0 Å². The molecule has 1 N–H and O–H groups in total. The number of carbonyl (C=O) groups excluding carboxylic acids is 1. The normalized spacial score (nSPS) is 15.0. The Labute approximate surface area is 198 Å². The maximum Gasteiger partial charge on any atom is 0.255 e. The number of aromatic nitrogens is 1. The minimum absolute atomic E-state index is 0.0614. The van der Waals surface area contributed by atoms with E-state index in [4.69, 9.17) is 4.74 Å². The number of fused-ring (bicyclic) bond motifs is 2. The first-order chi connectivity index (χ1) is 16.7. The van der Waals surface area contributed by atoms with Crippen molar-refractivity contribution in [3.05, 3.63) is 125 Å². The van der Waals surface area contributed by atoms with Gasteiger partial charge in [0.05, 0.1) is 18.8 Å². The SMILES string of the molecule is COc1cccc(-c2[nH]c3ccccc3c2C2c3ccccc3C(=O)N2Cc2ccccc2)c1. The average Bonchev–Trinajstić information content (AvgIpc) is 3.40. The number of benzene rings is 4. The molecule has 1 amide bonds. The number of methoxy groups -OCH3 is 1. The summed E-state index contributed by atoms with van der Waals surface area (Å²) in [5.74, 6) is 0.859. The second-order valence-corrected chi connectivity index (χ2v) is 8.60. The number of hydrogen-bond donors (Lipinski definition) is 1. The van der Waals surface area contributed by atoms with Crippen molar-refractivity contribution >= 4 is 16.8 Å². The predicted molar refractivity (Wildman–Crippen MR) is 135 cm³/mol. The summed E-state index contributed by atoms with van der Waals surface area (Å²) < 4.78 is 5.51. The highest BCUT2D eigenvalue weighted by Crippen LogP contribution is 2.46. The molecule has 0 saturated heterocycles. The fourth-order valence-corrected chi connectivity index (χ4v) is 5.08. The monoisotopic (exact) mass is 444 g/mol. The Balaban J connectivity index is 1.60. The maximum atomic E-state index is 13.7. The van der Waals surface area contributed by atoms with Crippen LogP contribution in [-0.2, 0) is 6.54 Å². The molecule has 0 fully saturated rings. The van der Waals surface area contributed by atoms with Crippen LogP contribution in [0.25, 0.3) is 22.2 Å². The van der Waals surface area contributed by atoms with E-state index in [1.807, 2.05) is 65.6 Å². The summed E-state index contributed by atoms with van der Waals surface area (Å²) in [4.78, 5) is 19.3. The molecular formula is C30H24N2O2. The highest BCUT2D eigenvalue weighted by atomic mass is 16.5. The van der Waals surface area contributed by atoms with Crippen molar-refractivity contribution in [2.45, 2.75) is 12.6 Å². The number of hydrogen-bond acceptors (Lipinski definition) is 2. The van der Waals surface area contributed by atoms with E-state index in [0.29, 0.717) is 6.54 Å². The van der Waals surface area contributed by atoms with Crippen LogP contribution in [0.3, 0.4) is 0 Å². The second-order valence-electron chi connectivity index (χ2n) is 8.60. The molecule has 0 bridgehead atoms. The molecule has 1 atom stereocenters. The molecule has 6 rings (SSSR count). The summed E-state index contributed by atoms with van der Waals surface area (Å²) in [5, 5.41) is 1.12. The first-order valence-electron chi connectivity index (χ1n) is 11.4. The number of para-hydroxylation sites is 1. The van der Waals surface area contributed by atoms with E-state index in [2.05, 4.69) is 47.4 Å². The minimum atomic E-state index is -0.207. The van der Waals surface area contributed by atoms with Crippen molar-refractivity contribution in [1.82, 2.24) is 9.88 Å². The van der Waals surface area contributed by atoms with Gasteiger partial charge in [0.15, 0.2) is 0 Å². The molecule has 34 heavy (non-hydrogen) atoms. The van der Waals surface area contributed by atoms with E-state index in [1.165, 1.54) is 0 Å². The van der Waals surface area contributed by atoms with Gasteiger partial charge >= 0.3 is 0 Å². The number of aromatic amines is 1. The lowest BCUT2D eigenvalue weighted by Crippen LogP contribution is -2.28. The zero-order valence-corrected chi connectivity index (χ0v) is 18.9. The zero-order valence-electron chi connectivity index (χ0n) is 18.9. The van der Waals surface area contributed by atoms with Crippen molar-refractivity contribution in [3.8, 4) is 17.0 Å².